The molecule has 1 atom stereocenters. The number of methoxy groups -OCH3 is 1. The van der Waals surface area contributed by atoms with E-state index in [0.717, 1.165) is 5.56 Å². The van der Waals surface area contributed by atoms with Gasteiger partial charge in [-0.05, 0) is 25.1 Å². The van der Waals surface area contributed by atoms with Crippen LogP contribution in [0.3, 0.4) is 0 Å². The second-order valence-electron chi connectivity index (χ2n) is 3.92. The minimum absolute atomic E-state index is 0.0344. The molecule has 1 N–H and O–H groups in total. The fraction of sp³-hybridized carbons (Fsp3) is 0.214. The maximum absolute atomic E-state index is 9.12. The summed E-state index contributed by atoms with van der Waals surface area (Å²) < 4.78 is 10.3. The number of nitriles is 1. The number of rotatable bonds is 4. The van der Waals surface area contributed by atoms with E-state index in [0.29, 0.717) is 17.0 Å². The molecule has 2 rings (SSSR count). The molecule has 0 aliphatic carbocycles. The summed E-state index contributed by atoms with van der Waals surface area (Å²) in [6.45, 7) is 2.00. The van der Waals surface area contributed by atoms with Crippen molar-refractivity contribution in [3.05, 3.63) is 47.9 Å². The molecular weight excluding hydrogens is 228 g/mol. The van der Waals surface area contributed by atoms with E-state index in [2.05, 4.69) is 11.4 Å². The molecule has 0 saturated heterocycles. The van der Waals surface area contributed by atoms with Crippen LogP contribution in [0.15, 0.2) is 41.2 Å². The van der Waals surface area contributed by atoms with Crippen LogP contribution in [0.5, 0.6) is 5.75 Å². The molecule has 2 aromatic rings. The molecule has 1 heterocycles. The van der Waals surface area contributed by atoms with Crippen molar-refractivity contribution < 1.29 is 9.15 Å². The van der Waals surface area contributed by atoms with E-state index in [1.165, 1.54) is 0 Å². The Morgan fingerprint density at radius 3 is 2.83 bits per heavy atom. The van der Waals surface area contributed by atoms with Crippen LogP contribution in [-0.2, 0) is 0 Å². The number of hydrogen-bond donors (Lipinski definition) is 1. The van der Waals surface area contributed by atoms with Gasteiger partial charge in [0.25, 0.3) is 0 Å². The summed E-state index contributed by atoms with van der Waals surface area (Å²) in [5, 5.41) is 12.4. The molecule has 0 amide bonds. The van der Waals surface area contributed by atoms with Crippen LogP contribution in [0.25, 0.3) is 0 Å². The molecule has 1 aromatic carbocycles. The Morgan fingerprint density at radius 2 is 2.22 bits per heavy atom. The van der Waals surface area contributed by atoms with Gasteiger partial charge in [0.15, 0.2) is 0 Å². The Kier molecular flexibility index (Phi) is 3.54. The summed E-state index contributed by atoms with van der Waals surface area (Å²) in [7, 11) is 1.59. The van der Waals surface area contributed by atoms with Crippen molar-refractivity contribution >= 4 is 5.69 Å². The fourth-order valence-corrected chi connectivity index (χ4v) is 1.76. The maximum Gasteiger partial charge on any atom is 0.143 e. The number of hydrogen-bond acceptors (Lipinski definition) is 4. The van der Waals surface area contributed by atoms with Gasteiger partial charge in [-0.25, -0.2) is 0 Å². The Balaban J connectivity index is 2.31. The van der Waals surface area contributed by atoms with Gasteiger partial charge in [-0.2, -0.15) is 5.26 Å². The molecule has 0 bridgehead atoms. The molecule has 0 aliphatic heterocycles. The third-order valence-electron chi connectivity index (χ3n) is 2.77. The zero-order chi connectivity index (χ0) is 13.0. The predicted octanol–water partition coefficient (Wildman–Crippen LogP) is 3.33. The SMILES string of the molecule is COc1cccc(C#N)c1NC(C)c1ccoc1. The molecule has 1 unspecified atom stereocenters. The zero-order valence-corrected chi connectivity index (χ0v) is 10.3. The van der Waals surface area contributed by atoms with Crippen molar-refractivity contribution in [2.24, 2.45) is 0 Å². The number of furan rings is 1. The van der Waals surface area contributed by atoms with E-state index >= 15 is 0 Å². The summed E-state index contributed by atoms with van der Waals surface area (Å²) in [5.74, 6) is 0.657. The lowest BCUT2D eigenvalue weighted by atomic mass is 10.1. The Bertz CT molecular complexity index is 556. The van der Waals surface area contributed by atoms with Gasteiger partial charge >= 0.3 is 0 Å². The third-order valence-corrected chi connectivity index (χ3v) is 2.77. The highest BCUT2D eigenvalue weighted by Gasteiger charge is 2.13. The number of benzene rings is 1. The average molecular weight is 242 g/mol. The van der Waals surface area contributed by atoms with E-state index in [-0.39, 0.29) is 6.04 Å². The monoisotopic (exact) mass is 242 g/mol. The standard InChI is InChI=1S/C14H14N2O2/c1-10(12-6-7-18-9-12)16-14-11(8-15)4-3-5-13(14)17-2/h3-7,9-10,16H,1-2H3. The molecule has 0 aliphatic rings. The van der Waals surface area contributed by atoms with Gasteiger partial charge in [0.2, 0.25) is 0 Å². The average Bonchev–Trinajstić information content (AvgIpc) is 2.93. The van der Waals surface area contributed by atoms with Crippen LogP contribution in [0.4, 0.5) is 5.69 Å². The molecule has 0 radical (unpaired) electrons. The minimum Gasteiger partial charge on any atom is -0.495 e. The van der Waals surface area contributed by atoms with E-state index in [9.17, 15) is 0 Å². The Labute approximate surface area is 106 Å². The van der Waals surface area contributed by atoms with Crippen LogP contribution < -0.4 is 10.1 Å². The lowest BCUT2D eigenvalue weighted by Gasteiger charge is -2.17. The van der Waals surface area contributed by atoms with Crippen molar-refractivity contribution in [3.63, 3.8) is 0 Å². The summed E-state index contributed by atoms with van der Waals surface area (Å²) in [6.07, 6.45) is 3.31. The highest BCUT2D eigenvalue weighted by atomic mass is 16.5. The quantitative estimate of drug-likeness (QED) is 0.893. The number of nitrogens with one attached hydrogen (secondary N) is 1. The molecule has 18 heavy (non-hydrogen) atoms. The molecule has 0 fully saturated rings. The van der Waals surface area contributed by atoms with Gasteiger partial charge in [-0.1, -0.05) is 6.07 Å². The lowest BCUT2D eigenvalue weighted by Crippen LogP contribution is -2.08. The normalized spacial score (nSPS) is 11.6. The summed E-state index contributed by atoms with van der Waals surface area (Å²) in [4.78, 5) is 0. The molecule has 1 aromatic heterocycles. The van der Waals surface area contributed by atoms with Crippen LogP contribution in [-0.4, -0.2) is 7.11 Å². The Hall–Kier alpha value is -2.41. The van der Waals surface area contributed by atoms with Crippen LogP contribution in [0, 0.1) is 11.3 Å². The van der Waals surface area contributed by atoms with E-state index in [1.807, 2.05) is 19.1 Å². The van der Waals surface area contributed by atoms with E-state index < -0.39 is 0 Å². The van der Waals surface area contributed by atoms with Gasteiger partial charge < -0.3 is 14.5 Å². The maximum atomic E-state index is 9.12. The molecule has 0 saturated carbocycles. The predicted molar refractivity (Wildman–Crippen MR) is 68.5 cm³/mol. The molecular formula is C14H14N2O2. The third kappa shape index (κ3) is 2.30. The molecule has 4 heteroatoms. The second-order valence-corrected chi connectivity index (χ2v) is 3.92. The van der Waals surface area contributed by atoms with Crippen LogP contribution in [0.2, 0.25) is 0 Å². The molecule has 92 valence electrons. The highest BCUT2D eigenvalue weighted by Crippen LogP contribution is 2.31. The zero-order valence-electron chi connectivity index (χ0n) is 10.3. The van der Waals surface area contributed by atoms with Gasteiger partial charge in [-0.15, -0.1) is 0 Å². The highest BCUT2D eigenvalue weighted by molar-refractivity contribution is 5.67. The summed E-state index contributed by atoms with van der Waals surface area (Å²) in [6, 6.07) is 9.46. The molecule has 4 nitrogen and oxygen atoms in total. The largest absolute Gasteiger partial charge is 0.495 e. The van der Waals surface area contributed by atoms with Crippen LogP contribution in [0.1, 0.15) is 24.1 Å². The minimum atomic E-state index is 0.0344. The number of nitrogens with zero attached hydrogens (tertiary/aromatic N) is 1. The smallest absolute Gasteiger partial charge is 0.143 e. The summed E-state index contributed by atoms with van der Waals surface area (Å²) in [5.41, 5.74) is 2.28. The lowest BCUT2D eigenvalue weighted by molar-refractivity contribution is 0.416. The van der Waals surface area contributed by atoms with Crippen molar-refractivity contribution in [1.82, 2.24) is 0 Å². The second kappa shape index (κ2) is 5.28. The molecule has 0 spiro atoms. The van der Waals surface area contributed by atoms with E-state index in [1.54, 1.807) is 31.8 Å². The van der Waals surface area contributed by atoms with Gasteiger partial charge in [-0.3, -0.25) is 0 Å². The van der Waals surface area contributed by atoms with Crippen molar-refractivity contribution in [2.75, 3.05) is 12.4 Å². The first-order valence-electron chi connectivity index (χ1n) is 5.62. The number of anilines is 1. The first-order valence-corrected chi connectivity index (χ1v) is 5.62. The van der Waals surface area contributed by atoms with Gasteiger partial charge in [0, 0.05) is 5.56 Å². The Morgan fingerprint density at radius 1 is 1.39 bits per heavy atom. The fourth-order valence-electron chi connectivity index (χ4n) is 1.76. The van der Waals surface area contributed by atoms with Crippen LogP contribution >= 0.6 is 0 Å². The van der Waals surface area contributed by atoms with Crippen molar-refractivity contribution in [2.45, 2.75) is 13.0 Å². The van der Waals surface area contributed by atoms with Gasteiger partial charge in [0.1, 0.15) is 11.8 Å². The van der Waals surface area contributed by atoms with Crippen molar-refractivity contribution in [1.29, 1.82) is 5.26 Å². The summed E-state index contributed by atoms with van der Waals surface area (Å²) >= 11 is 0. The van der Waals surface area contributed by atoms with E-state index in [4.69, 9.17) is 14.4 Å². The van der Waals surface area contributed by atoms with Gasteiger partial charge in [0.05, 0.1) is 36.9 Å². The first-order chi connectivity index (χ1) is 8.76. The number of para-hydroxylation sites is 1. The number of ether oxygens (including phenoxy) is 1. The topological polar surface area (TPSA) is 58.2 Å². The first kappa shape index (κ1) is 12.1. The van der Waals surface area contributed by atoms with Crippen molar-refractivity contribution in [3.8, 4) is 11.8 Å².